The summed E-state index contributed by atoms with van der Waals surface area (Å²) in [6, 6.07) is 5.92. The molecule has 1 N–H and O–H groups in total. The predicted molar refractivity (Wildman–Crippen MR) is 76.7 cm³/mol. The normalized spacial score (nSPS) is 18.7. The van der Waals surface area contributed by atoms with E-state index in [1.165, 1.54) is 0 Å². The maximum absolute atomic E-state index is 12.5. The Kier molecular flexibility index (Phi) is 4.43. The molecule has 104 valence electrons. The largest absolute Gasteiger partial charge is 0.385 e. The quantitative estimate of drug-likeness (QED) is 0.905. The van der Waals surface area contributed by atoms with E-state index in [1.807, 2.05) is 36.9 Å². The molecule has 1 aromatic carbocycles. The van der Waals surface area contributed by atoms with Gasteiger partial charge in [0.05, 0.1) is 11.7 Å². The van der Waals surface area contributed by atoms with E-state index in [0.717, 1.165) is 36.3 Å². The predicted octanol–water partition coefficient (Wildman–Crippen LogP) is 2.29. The topological polar surface area (TPSA) is 41.6 Å². The molecule has 1 aliphatic rings. The van der Waals surface area contributed by atoms with Gasteiger partial charge in [-0.05, 0) is 38.0 Å². The van der Waals surface area contributed by atoms with E-state index < -0.39 is 0 Å². The van der Waals surface area contributed by atoms with Gasteiger partial charge in [-0.1, -0.05) is 6.07 Å². The second-order valence-electron chi connectivity index (χ2n) is 4.98. The van der Waals surface area contributed by atoms with Crippen molar-refractivity contribution in [2.24, 2.45) is 0 Å². The number of amides is 1. The highest BCUT2D eigenvalue weighted by Gasteiger charge is 2.27. The highest BCUT2D eigenvalue weighted by Crippen LogP contribution is 2.22. The van der Waals surface area contributed by atoms with Gasteiger partial charge in [-0.15, -0.1) is 0 Å². The maximum Gasteiger partial charge on any atom is 0.256 e. The van der Waals surface area contributed by atoms with Crippen LogP contribution in [0, 0.1) is 6.92 Å². The van der Waals surface area contributed by atoms with E-state index in [1.54, 1.807) is 7.11 Å². The molecule has 1 aromatic rings. The van der Waals surface area contributed by atoms with Crippen LogP contribution in [0.15, 0.2) is 18.2 Å². The number of carbonyl (C=O) groups excluding carboxylic acids is 1. The summed E-state index contributed by atoms with van der Waals surface area (Å²) < 4.78 is 5.31. The molecule has 0 aliphatic carbocycles. The molecular weight excluding hydrogens is 240 g/mol. The highest BCUT2D eigenvalue weighted by atomic mass is 16.5. The third-order valence-electron chi connectivity index (χ3n) is 3.54. The molecule has 1 saturated heterocycles. The van der Waals surface area contributed by atoms with E-state index >= 15 is 0 Å². The molecule has 1 fully saturated rings. The number of nitrogens with zero attached hydrogens (tertiary/aromatic N) is 1. The van der Waals surface area contributed by atoms with Gasteiger partial charge in [0.25, 0.3) is 5.91 Å². The fourth-order valence-electron chi connectivity index (χ4n) is 2.46. The Labute approximate surface area is 114 Å². The van der Waals surface area contributed by atoms with E-state index in [9.17, 15) is 4.79 Å². The van der Waals surface area contributed by atoms with Gasteiger partial charge < -0.3 is 15.0 Å². The number of hydrogen-bond donors (Lipinski definition) is 1. The molecule has 4 heteroatoms. The van der Waals surface area contributed by atoms with Crippen LogP contribution in [0.2, 0.25) is 0 Å². The summed E-state index contributed by atoms with van der Waals surface area (Å²) in [5, 5.41) is 3.27. The van der Waals surface area contributed by atoms with Crippen molar-refractivity contribution in [1.82, 2.24) is 4.90 Å². The van der Waals surface area contributed by atoms with Crippen molar-refractivity contribution in [1.29, 1.82) is 0 Å². The molecule has 0 bridgehead atoms. The molecule has 0 radical (unpaired) electrons. The number of rotatable bonds is 4. The van der Waals surface area contributed by atoms with Gasteiger partial charge in [0, 0.05) is 32.4 Å². The number of methoxy groups -OCH3 is 1. The first-order chi connectivity index (χ1) is 9.15. The first-order valence-electron chi connectivity index (χ1n) is 6.82. The second-order valence-corrected chi connectivity index (χ2v) is 4.98. The molecule has 0 aromatic heterocycles. The SMILES string of the molecule is CCNc1cc(C)ccc1C(=O)N1CCC(OC)C1. The van der Waals surface area contributed by atoms with Crippen LogP contribution in [0.4, 0.5) is 5.69 Å². The number of benzene rings is 1. The Morgan fingerprint density at radius 2 is 2.32 bits per heavy atom. The van der Waals surface area contributed by atoms with Crippen LogP contribution in [0.3, 0.4) is 0 Å². The summed E-state index contributed by atoms with van der Waals surface area (Å²) in [5.74, 6) is 0.0931. The average molecular weight is 262 g/mol. The van der Waals surface area contributed by atoms with Crippen LogP contribution < -0.4 is 5.32 Å². The summed E-state index contributed by atoms with van der Waals surface area (Å²) in [5.41, 5.74) is 2.83. The van der Waals surface area contributed by atoms with Crippen molar-refractivity contribution in [3.8, 4) is 0 Å². The van der Waals surface area contributed by atoms with Crippen LogP contribution >= 0.6 is 0 Å². The van der Waals surface area contributed by atoms with Gasteiger partial charge in [0.2, 0.25) is 0 Å². The maximum atomic E-state index is 12.5. The van der Waals surface area contributed by atoms with Crippen LogP contribution in [0.5, 0.6) is 0 Å². The summed E-state index contributed by atoms with van der Waals surface area (Å²) in [6.07, 6.45) is 1.10. The first-order valence-corrected chi connectivity index (χ1v) is 6.82. The zero-order valence-electron chi connectivity index (χ0n) is 11.9. The third kappa shape index (κ3) is 3.07. The number of aryl methyl sites for hydroxylation is 1. The van der Waals surface area contributed by atoms with Crippen molar-refractivity contribution in [2.45, 2.75) is 26.4 Å². The minimum atomic E-state index is 0.0931. The molecule has 0 saturated carbocycles. The van der Waals surface area contributed by atoms with Crippen LogP contribution in [-0.4, -0.2) is 43.7 Å². The fraction of sp³-hybridized carbons (Fsp3) is 0.533. The van der Waals surface area contributed by atoms with Gasteiger partial charge in [-0.3, -0.25) is 4.79 Å². The van der Waals surface area contributed by atoms with Crippen molar-refractivity contribution in [3.63, 3.8) is 0 Å². The lowest BCUT2D eigenvalue weighted by Crippen LogP contribution is -2.30. The minimum Gasteiger partial charge on any atom is -0.385 e. The first kappa shape index (κ1) is 13.9. The number of carbonyl (C=O) groups is 1. The van der Waals surface area contributed by atoms with E-state index in [0.29, 0.717) is 6.54 Å². The smallest absolute Gasteiger partial charge is 0.256 e. The Balaban J connectivity index is 2.19. The zero-order chi connectivity index (χ0) is 13.8. The Morgan fingerprint density at radius 3 is 2.95 bits per heavy atom. The Hall–Kier alpha value is -1.55. The second kappa shape index (κ2) is 6.06. The number of ether oxygens (including phenoxy) is 1. The summed E-state index contributed by atoms with van der Waals surface area (Å²) in [4.78, 5) is 14.4. The number of likely N-dealkylation sites (tertiary alicyclic amines) is 1. The van der Waals surface area contributed by atoms with Crippen molar-refractivity contribution >= 4 is 11.6 Å². The lowest BCUT2D eigenvalue weighted by atomic mass is 10.1. The van der Waals surface area contributed by atoms with E-state index in [-0.39, 0.29) is 12.0 Å². The van der Waals surface area contributed by atoms with Crippen molar-refractivity contribution in [2.75, 3.05) is 32.1 Å². The monoisotopic (exact) mass is 262 g/mol. The van der Waals surface area contributed by atoms with Gasteiger partial charge in [0.1, 0.15) is 0 Å². The van der Waals surface area contributed by atoms with Gasteiger partial charge >= 0.3 is 0 Å². The van der Waals surface area contributed by atoms with Gasteiger partial charge in [-0.25, -0.2) is 0 Å². The minimum absolute atomic E-state index is 0.0931. The average Bonchev–Trinajstić information content (AvgIpc) is 2.87. The molecule has 1 heterocycles. The van der Waals surface area contributed by atoms with Crippen LogP contribution in [0.25, 0.3) is 0 Å². The molecule has 1 aliphatic heterocycles. The fourth-order valence-corrected chi connectivity index (χ4v) is 2.46. The molecule has 4 nitrogen and oxygen atoms in total. The summed E-state index contributed by atoms with van der Waals surface area (Å²) >= 11 is 0. The Morgan fingerprint density at radius 1 is 1.53 bits per heavy atom. The van der Waals surface area contributed by atoms with E-state index in [2.05, 4.69) is 5.32 Å². The van der Waals surface area contributed by atoms with Gasteiger partial charge in [-0.2, -0.15) is 0 Å². The Bertz CT molecular complexity index is 459. The van der Waals surface area contributed by atoms with Gasteiger partial charge in [0.15, 0.2) is 0 Å². The highest BCUT2D eigenvalue weighted by molar-refractivity contribution is 5.99. The number of anilines is 1. The van der Waals surface area contributed by atoms with Crippen molar-refractivity contribution in [3.05, 3.63) is 29.3 Å². The van der Waals surface area contributed by atoms with Crippen LogP contribution in [0.1, 0.15) is 29.3 Å². The molecule has 1 amide bonds. The van der Waals surface area contributed by atoms with Crippen LogP contribution in [-0.2, 0) is 4.74 Å². The molecule has 1 unspecified atom stereocenters. The zero-order valence-corrected chi connectivity index (χ0v) is 11.9. The van der Waals surface area contributed by atoms with E-state index in [4.69, 9.17) is 4.74 Å². The molecule has 1 atom stereocenters. The summed E-state index contributed by atoms with van der Waals surface area (Å²) in [7, 11) is 1.70. The third-order valence-corrected chi connectivity index (χ3v) is 3.54. The summed E-state index contributed by atoms with van der Waals surface area (Å²) in [6.45, 7) is 6.34. The lowest BCUT2D eigenvalue weighted by Gasteiger charge is -2.19. The molecule has 19 heavy (non-hydrogen) atoms. The lowest BCUT2D eigenvalue weighted by molar-refractivity contribution is 0.0725. The number of nitrogens with one attached hydrogen (secondary N) is 1. The molecular formula is C15H22N2O2. The molecule has 2 rings (SSSR count). The number of hydrogen-bond acceptors (Lipinski definition) is 3. The standard InChI is InChI=1S/C15H22N2O2/c1-4-16-14-9-11(2)5-6-13(14)15(18)17-8-7-12(10-17)19-3/h5-6,9,12,16H,4,7-8,10H2,1-3H3. The molecule has 0 spiro atoms. The van der Waals surface area contributed by atoms with Crippen molar-refractivity contribution < 1.29 is 9.53 Å².